The highest BCUT2D eigenvalue weighted by atomic mass is 16.2. The molecule has 100 valence electrons. The summed E-state index contributed by atoms with van der Waals surface area (Å²) in [5, 5.41) is 5.58. The van der Waals surface area contributed by atoms with Gasteiger partial charge in [-0.15, -0.1) is 6.42 Å². The molecule has 2 unspecified atom stereocenters. The first-order valence-electron chi connectivity index (χ1n) is 6.32. The number of likely N-dealkylation sites (tertiary alicyclic amines) is 1. The minimum absolute atomic E-state index is 0.0594. The Kier molecular flexibility index (Phi) is 5.66. The van der Waals surface area contributed by atoms with Gasteiger partial charge in [0.05, 0.1) is 18.6 Å². The van der Waals surface area contributed by atoms with Gasteiger partial charge >= 0.3 is 0 Å². The van der Waals surface area contributed by atoms with Gasteiger partial charge in [0.2, 0.25) is 11.8 Å². The monoisotopic (exact) mass is 251 g/mol. The fourth-order valence-electron chi connectivity index (χ4n) is 2.02. The van der Waals surface area contributed by atoms with Crippen molar-refractivity contribution < 1.29 is 9.59 Å². The van der Waals surface area contributed by atoms with Crippen LogP contribution in [0.3, 0.4) is 0 Å². The Hall–Kier alpha value is -1.54. The van der Waals surface area contributed by atoms with E-state index in [9.17, 15) is 9.59 Å². The van der Waals surface area contributed by atoms with Crippen LogP contribution in [0.5, 0.6) is 0 Å². The largest absolute Gasteiger partial charge is 0.344 e. The van der Waals surface area contributed by atoms with Crippen molar-refractivity contribution in [2.24, 2.45) is 0 Å². The van der Waals surface area contributed by atoms with Gasteiger partial charge in [0, 0.05) is 13.1 Å². The Bertz CT molecular complexity index is 343. The molecule has 2 atom stereocenters. The molecule has 0 aromatic rings. The number of rotatable bonds is 5. The second kappa shape index (κ2) is 7.02. The summed E-state index contributed by atoms with van der Waals surface area (Å²) in [6.45, 7) is 5.36. The Morgan fingerprint density at radius 3 is 2.44 bits per heavy atom. The third-order valence-electron chi connectivity index (χ3n) is 3.05. The normalized spacial score (nSPS) is 17.9. The summed E-state index contributed by atoms with van der Waals surface area (Å²) in [6.07, 6.45) is 7.20. The molecule has 0 aromatic carbocycles. The zero-order valence-corrected chi connectivity index (χ0v) is 11.0. The van der Waals surface area contributed by atoms with Crippen molar-refractivity contribution in [2.45, 2.75) is 38.8 Å². The van der Waals surface area contributed by atoms with Crippen molar-refractivity contribution in [1.82, 2.24) is 15.5 Å². The Morgan fingerprint density at radius 1 is 1.28 bits per heavy atom. The molecule has 1 aliphatic rings. The molecular weight excluding hydrogens is 230 g/mol. The van der Waals surface area contributed by atoms with E-state index in [1.807, 2.05) is 4.90 Å². The van der Waals surface area contributed by atoms with Crippen LogP contribution in [0.15, 0.2) is 0 Å². The van der Waals surface area contributed by atoms with E-state index in [2.05, 4.69) is 16.6 Å². The summed E-state index contributed by atoms with van der Waals surface area (Å²) in [6, 6.07) is -0.783. The maximum atomic E-state index is 12.0. The van der Waals surface area contributed by atoms with Gasteiger partial charge in [0.25, 0.3) is 0 Å². The van der Waals surface area contributed by atoms with E-state index in [1.54, 1.807) is 13.8 Å². The van der Waals surface area contributed by atoms with Crippen LogP contribution in [-0.4, -0.2) is 48.4 Å². The lowest BCUT2D eigenvalue weighted by molar-refractivity contribution is -0.132. The highest BCUT2D eigenvalue weighted by Crippen LogP contribution is 2.09. The van der Waals surface area contributed by atoms with E-state index in [1.165, 1.54) is 0 Å². The van der Waals surface area contributed by atoms with Crippen molar-refractivity contribution in [1.29, 1.82) is 0 Å². The first-order chi connectivity index (χ1) is 8.56. The van der Waals surface area contributed by atoms with E-state index < -0.39 is 6.04 Å². The topological polar surface area (TPSA) is 61.4 Å². The second-order valence-electron chi connectivity index (χ2n) is 4.56. The standard InChI is InChI=1S/C13H21N3O2/c1-4-7-14-12(17)10(2)15-11(3)13(18)16-8-5-6-9-16/h1,10-11,15H,5-9H2,2-3H3,(H,14,17). The van der Waals surface area contributed by atoms with Gasteiger partial charge in [-0.05, 0) is 26.7 Å². The molecule has 18 heavy (non-hydrogen) atoms. The van der Waals surface area contributed by atoms with Crippen LogP contribution < -0.4 is 10.6 Å². The number of hydrogen-bond acceptors (Lipinski definition) is 3. The minimum atomic E-state index is -0.431. The van der Waals surface area contributed by atoms with Crippen LogP contribution in [0, 0.1) is 12.3 Å². The molecule has 0 radical (unpaired) electrons. The lowest BCUT2D eigenvalue weighted by Gasteiger charge is -2.23. The predicted octanol–water partition coefficient (Wildman–Crippen LogP) is -0.275. The molecule has 1 heterocycles. The average Bonchev–Trinajstić information content (AvgIpc) is 2.88. The Balaban J connectivity index is 2.38. The molecule has 1 saturated heterocycles. The number of carbonyl (C=O) groups is 2. The summed E-state index contributed by atoms with van der Waals surface area (Å²) in [5.41, 5.74) is 0. The van der Waals surface area contributed by atoms with E-state index in [0.29, 0.717) is 0 Å². The average molecular weight is 251 g/mol. The van der Waals surface area contributed by atoms with Gasteiger partial charge in [0.1, 0.15) is 0 Å². The molecule has 0 spiro atoms. The Labute approximate surface area is 108 Å². The highest BCUT2D eigenvalue weighted by Gasteiger charge is 2.25. The predicted molar refractivity (Wildman–Crippen MR) is 69.7 cm³/mol. The van der Waals surface area contributed by atoms with E-state index in [0.717, 1.165) is 25.9 Å². The number of amides is 2. The SMILES string of the molecule is C#CCNC(=O)C(C)NC(C)C(=O)N1CCCC1. The zero-order valence-electron chi connectivity index (χ0n) is 11.0. The summed E-state index contributed by atoms with van der Waals surface area (Å²) in [4.78, 5) is 25.4. The van der Waals surface area contributed by atoms with Crippen LogP contribution in [0.1, 0.15) is 26.7 Å². The van der Waals surface area contributed by atoms with Crippen molar-refractivity contribution in [3.05, 3.63) is 0 Å². The molecule has 0 aliphatic carbocycles. The van der Waals surface area contributed by atoms with Gasteiger partial charge in [-0.3, -0.25) is 14.9 Å². The van der Waals surface area contributed by atoms with E-state index in [-0.39, 0.29) is 24.4 Å². The van der Waals surface area contributed by atoms with Crippen molar-refractivity contribution in [3.63, 3.8) is 0 Å². The molecule has 0 aromatic heterocycles. The fraction of sp³-hybridized carbons (Fsp3) is 0.692. The number of nitrogens with one attached hydrogen (secondary N) is 2. The molecule has 5 heteroatoms. The van der Waals surface area contributed by atoms with E-state index >= 15 is 0 Å². The zero-order chi connectivity index (χ0) is 13.5. The van der Waals surface area contributed by atoms with Crippen molar-refractivity contribution in [2.75, 3.05) is 19.6 Å². The van der Waals surface area contributed by atoms with Crippen LogP contribution in [0.2, 0.25) is 0 Å². The highest BCUT2D eigenvalue weighted by molar-refractivity contribution is 5.85. The van der Waals surface area contributed by atoms with Crippen LogP contribution in [0.25, 0.3) is 0 Å². The third kappa shape index (κ3) is 4.04. The van der Waals surface area contributed by atoms with Gasteiger partial charge < -0.3 is 10.2 Å². The third-order valence-corrected chi connectivity index (χ3v) is 3.05. The fourth-order valence-corrected chi connectivity index (χ4v) is 2.02. The molecule has 1 rings (SSSR count). The van der Waals surface area contributed by atoms with Gasteiger partial charge in [0.15, 0.2) is 0 Å². The molecular formula is C13H21N3O2. The maximum Gasteiger partial charge on any atom is 0.239 e. The summed E-state index contributed by atoms with van der Waals surface area (Å²) < 4.78 is 0. The molecule has 0 saturated carbocycles. The lowest BCUT2D eigenvalue weighted by atomic mass is 10.2. The van der Waals surface area contributed by atoms with Crippen molar-refractivity contribution in [3.8, 4) is 12.3 Å². The number of carbonyl (C=O) groups excluding carboxylic acids is 2. The molecule has 0 bridgehead atoms. The number of terminal acetylenes is 1. The minimum Gasteiger partial charge on any atom is -0.344 e. The summed E-state index contributed by atoms with van der Waals surface area (Å²) in [7, 11) is 0. The Morgan fingerprint density at radius 2 is 1.89 bits per heavy atom. The van der Waals surface area contributed by atoms with Gasteiger partial charge in [-0.25, -0.2) is 0 Å². The molecule has 1 aliphatic heterocycles. The molecule has 2 amide bonds. The lowest BCUT2D eigenvalue weighted by Crippen LogP contribution is -2.51. The smallest absolute Gasteiger partial charge is 0.239 e. The summed E-state index contributed by atoms with van der Waals surface area (Å²) >= 11 is 0. The quantitative estimate of drug-likeness (QED) is 0.661. The van der Waals surface area contributed by atoms with E-state index in [4.69, 9.17) is 6.42 Å². The first kappa shape index (κ1) is 14.5. The maximum absolute atomic E-state index is 12.0. The van der Waals surface area contributed by atoms with Gasteiger partial charge in [-0.1, -0.05) is 5.92 Å². The van der Waals surface area contributed by atoms with Gasteiger partial charge in [-0.2, -0.15) is 0 Å². The number of nitrogens with zero attached hydrogens (tertiary/aromatic N) is 1. The second-order valence-corrected chi connectivity index (χ2v) is 4.56. The first-order valence-corrected chi connectivity index (χ1v) is 6.32. The van der Waals surface area contributed by atoms with Crippen LogP contribution >= 0.6 is 0 Å². The van der Waals surface area contributed by atoms with Crippen molar-refractivity contribution >= 4 is 11.8 Å². The van der Waals surface area contributed by atoms with Crippen LogP contribution in [-0.2, 0) is 9.59 Å². The number of hydrogen-bond donors (Lipinski definition) is 2. The molecule has 5 nitrogen and oxygen atoms in total. The summed E-state index contributed by atoms with van der Waals surface area (Å²) in [5.74, 6) is 2.21. The molecule has 2 N–H and O–H groups in total. The molecule has 1 fully saturated rings. The van der Waals surface area contributed by atoms with Crippen LogP contribution in [0.4, 0.5) is 0 Å².